The van der Waals surface area contributed by atoms with Crippen molar-refractivity contribution in [1.82, 2.24) is 5.32 Å². The molecule has 0 spiro atoms. The number of benzene rings is 1. The number of aliphatic hydroxyl groups is 2. The summed E-state index contributed by atoms with van der Waals surface area (Å²) < 4.78 is 10.6. The molecule has 0 amide bonds. The van der Waals surface area contributed by atoms with Crippen molar-refractivity contribution < 1.29 is 19.7 Å². The summed E-state index contributed by atoms with van der Waals surface area (Å²) in [7, 11) is 1.58. The van der Waals surface area contributed by atoms with Crippen molar-refractivity contribution in [2.45, 2.75) is 25.9 Å². The molecule has 0 saturated heterocycles. The molecule has 0 aliphatic heterocycles. The fourth-order valence-corrected chi connectivity index (χ4v) is 1.70. The van der Waals surface area contributed by atoms with Gasteiger partial charge >= 0.3 is 0 Å². The van der Waals surface area contributed by atoms with Gasteiger partial charge in [0.15, 0.2) is 11.5 Å². The van der Waals surface area contributed by atoms with Crippen molar-refractivity contribution in [1.29, 1.82) is 0 Å². The van der Waals surface area contributed by atoms with Crippen LogP contribution in [0.3, 0.4) is 0 Å². The number of aliphatic hydroxyl groups excluding tert-OH is 2. The maximum Gasteiger partial charge on any atom is 0.161 e. The van der Waals surface area contributed by atoms with Gasteiger partial charge in [0.25, 0.3) is 0 Å². The standard InChI is InChI=1S/C14H23NO4.ClH/c1-3-12(10-17)15-9-11-4-5-13(19-7-6-16)14(8-11)18-2;/h4-5,8,12,15-17H,3,6-7,9-10H2,1-2H3;1H. The van der Waals surface area contributed by atoms with Crippen molar-refractivity contribution in [2.75, 3.05) is 26.9 Å². The Balaban J connectivity index is 0.00000361. The van der Waals surface area contributed by atoms with Crippen LogP contribution in [-0.2, 0) is 6.54 Å². The summed E-state index contributed by atoms with van der Waals surface area (Å²) in [5, 5.41) is 21.1. The number of halogens is 1. The lowest BCUT2D eigenvalue weighted by atomic mass is 10.1. The van der Waals surface area contributed by atoms with E-state index in [4.69, 9.17) is 19.7 Å². The first-order chi connectivity index (χ1) is 9.24. The number of hydrogen-bond acceptors (Lipinski definition) is 5. The molecular weight excluding hydrogens is 282 g/mol. The third kappa shape index (κ3) is 5.96. The SMILES string of the molecule is CCC(CO)NCc1ccc(OCCO)c(OC)c1.Cl. The highest BCUT2D eigenvalue weighted by atomic mass is 35.5. The molecule has 0 aromatic heterocycles. The minimum absolute atomic E-state index is 0. The third-order valence-electron chi connectivity index (χ3n) is 2.88. The van der Waals surface area contributed by atoms with E-state index in [1.165, 1.54) is 0 Å². The van der Waals surface area contributed by atoms with E-state index in [1.54, 1.807) is 7.11 Å². The van der Waals surface area contributed by atoms with E-state index in [0.717, 1.165) is 12.0 Å². The van der Waals surface area contributed by atoms with E-state index in [2.05, 4.69) is 5.32 Å². The minimum atomic E-state index is -0.0266. The zero-order valence-electron chi connectivity index (χ0n) is 12.0. The molecule has 1 unspecified atom stereocenters. The first kappa shape index (κ1) is 19.0. The second-order valence-electron chi connectivity index (χ2n) is 4.23. The van der Waals surface area contributed by atoms with E-state index >= 15 is 0 Å². The molecule has 0 aliphatic rings. The number of methoxy groups -OCH3 is 1. The Labute approximate surface area is 126 Å². The van der Waals surface area contributed by atoms with Crippen LogP contribution in [0.25, 0.3) is 0 Å². The van der Waals surface area contributed by atoms with E-state index in [0.29, 0.717) is 18.0 Å². The topological polar surface area (TPSA) is 71.0 Å². The molecule has 1 aromatic rings. The molecule has 0 radical (unpaired) electrons. The minimum Gasteiger partial charge on any atom is -0.493 e. The summed E-state index contributed by atoms with van der Waals surface area (Å²) in [6.07, 6.45) is 0.880. The van der Waals surface area contributed by atoms with Crippen molar-refractivity contribution in [3.8, 4) is 11.5 Å². The van der Waals surface area contributed by atoms with Crippen molar-refractivity contribution in [3.05, 3.63) is 23.8 Å². The maximum atomic E-state index is 9.12. The lowest BCUT2D eigenvalue weighted by molar-refractivity contribution is 0.196. The Morgan fingerprint density at radius 2 is 2.00 bits per heavy atom. The van der Waals surface area contributed by atoms with Gasteiger partial charge < -0.3 is 25.0 Å². The quantitative estimate of drug-likeness (QED) is 0.642. The van der Waals surface area contributed by atoms with E-state index in [1.807, 2.05) is 25.1 Å². The van der Waals surface area contributed by atoms with Crippen molar-refractivity contribution in [2.24, 2.45) is 0 Å². The Bertz CT molecular complexity index is 372. The van der Waals surface area contributed by atoms with Crippen LogP contribution in [-0.4, -0.2) is 43.2 Å². The van der Waals surface area contributed by atoms with Gasteiger partial charge in [-0.05, 0) is 24.1 Å². The highest BCUT2D eigenvalue weighted by Gasteiger charge is 2.07. The molecule has 1 rings (SSSR count). The smallest absolute Gasteiger partial charge is 0.161 e. The van der Waals surface area contributed by atoms with Crippen molar-refractivity contribution >= 4 is 12.4 Å². The van der Waals surface area contributed by atoms with Gasteiger partial charge in [-0.2, -0.15) is 0 Å². The molecule has 116 valence electrons. The van der Waals surface area contributed by atoms with E-state index in [-0.39, 0.29) is 38.3 Å². The van der Waals surface area contributed by atoms with E-state index in [9.17, 15) is 0 Å². The van der Waals surface area contributed by atoms with Gasteiger partial charge in [0.2, 0.25) is 0 Å². The molecule has 6 heteroatoms. The van der Waals surface area contributed by atoms with Crippen LogP contribution in [0.5, 0.6) is 11.5 Å². The second kappa shape index (κ2) is 10.7. The molecule has 1 aromatic carbocycles. The zero-order chi connectivity index (χ0) is 14.1. The van der Waals surface area contributed by atoms with Crippen LogP contribution in [0.4, 0.5) is 0 Å². The Morgan fingerprint density at radius 1 is 1.25 bits per heavy atom. The molecule has 20 heavy (non-hydrogen) atoms. The van der Waals surface area contributed by atoms with Gasteiger partial charge in [-0.15, -0.1) is 12.4 Å². The van der Waals surface area contributed by atoms with Gasteiger partial charge in [-0.25, -0.2) is 0 Å². The zero-order valence-corrected chi connectivity index (χ0v) is 12.8. The van der Waals surface area contributed by atoms with Gasteiger partial charge in [0.1, 0.15) is 6.61 Å². The monoisotopic (exact) mass is 305 g/mol. The van der Waals surface area contributed by atoms with Crippen LogP contribution < -0.4 is 14.8 Å². The van der Waals surface area contributed by atoms with Crippen LogP contribution in [0.15, 0.2) is 18.2 Å². The largest absolute Gasteiger partial charge is 0.493 e. The molecule has 1 atom stereocenters. The van der Waals surface area contributed by atoms with E-state index < -0.39 is 0 Å². The number of ether oxygens (including phenoxy) is 2. The fraction of sp³-hybridized carbons (Fsp3) is 0.571. The normalized spacial score (nSPS) is 11.6. The summed E-state index contributed by atoms with van der Waals surface area (Å²) in [5.74, 6) is 1.26. The molecule has 0 aliphatic carbocycles. The molecule has 0 fully saturated rings. The third-order valence-corrected chi connectivity index (χ3v) is 2.88. The van der Waals surface area contributed by atoms with Crippen LogP contribution in [0.2, 0.25) is 0 Å². The highest BCUT2D eigenvalue weighted by molar-refractivity contribution is 5.85. The average molecular weight is 306 g/mol. The summed E-state index contributed by atoms with van der Waals surface area (Å²) in [6, 6.07) is 5.76. The highest BCUT2D eigenvalue weighted by Crippen LogP contribution is 2.27. The molecule has 0 bridgehead atoms. The van der Waals surface area contributed by atoms with Crippen LogP contribution in [0, 0.1) is 0 Å². The first-order valence-corrected chi connectivity index (χ1v) is 6.50. The second-order valence-corrected chi connectivity index (χ2v) is 4.23. The van der Waals surface area contributed by atoms with Gasteiger partial charge in [0.05, 0.1) is 20.3 Å². The molecule has 5 nitrogen and oxygen atoms in total. The predicted molar refractivity (Wildman–Crippen MR) is 80.8 cm³/mol. The Hall–Kier alpha value is -1.01. The molecule has 0 heterocycles. The van der Waals surface area contributed by atoms with Gasteiger partial charge in [0, 0.05) is 12.6 Å². The van der Waals surface area contributed by atoms with Crippen LogP contribution in [0.1, 0.15) is 18.9 Å². The molecule has 0 saturated carbocycles. The van der Waals surface area contributed by atoms with Gasteiger partial charge in [-0.1, -0.05) is 13.0 Å². The summed E-state index contributed by atoms with van der Waals surface area (Å²) >= 11 is 0. The Kier molecular flexibility index (Phi) is 10.2. The number of hydrogen-bond donors (Lipinski definition) is 3. The molecular formula is C14H24ClNO4. The lowest BCUT2D eigenvalue weighted by Crippen LogP contribution is -2.31. The summed E-state index contributed by atoms with van der Waals surface area (Å²) in [4.78, 5) is 0. The lowest BCUT2D eigenvalue weighted by Gasteiger charge is -2.15. The number of rotatable bonds is 9. The fourth-order valence-electron chi connectivity index (χ4n) is 1.70. The molecule has 3 N–H and O–H groups in total. The maximum absolute atomic E-state index is 9.12. The Morgan fingerprint density at radius 3 is 2.55 bits per heavy atom. The summed E-state index contributed by atoms with van der Waals surface area (Å²) in [6.45, 7) is 3.04. The average Bonchev–Trinajstić information content (AvgIpc) is 2.46. The first-order valence-electron chi connectivity index (χ1n) is 6.50. The van der Waals surface area contributed by atoms with Gasteiger partial charge in [-0.3, -0.25) is 0 Å². The summed E-state index contributed by atoms with van der Waals surface area (Å²) in [5.41, 5.74) is 1.06. The number of nitrogens with one attached hydrogen (secondary N) is 1. The van der Waals surface area contributed by atoms with Crippen LogP contribution >= 0.6 is 12.4 Å². The van der Waals surface area contributed by atoms with Crippen molar-refractivity contribution in [3.63, 3.8) is 0 Å². The predicted octanol–water partition coefficient (Wildman–Crippen LogP) is 1.35.